The van der Waals surface area contributed by atoms with E-state index in [4.69, 9.17) is 11.6 Å². The largest absolute Gasteiger partial charge is 0.342 e. The summed E-state index contributed by atoms with van der Waals surface area (Å²) in [6.07, 6.45) is 2.29. The van der Waals surface area contributed by atoms with Crippen LogP contribution < -0.4 is 5.32 Å². The summed E-state index contributed by atoms with van der Waals surface area (Å²) in [6, 6.07) is 7.94. The normalized spacial score (nSPS) is 17.4. The zero-order chi connectivity index (χ0) is 17.8. The molecule has 2 aromatic rings. The van der Waals surface area contributed by atoms with Gasteiger partial charge in [-0.2, -0.15) is 0 Å². The minimum Gasteiger partial charge on any atom is -0.342 e. The molecule has 1 aliphatic heterocycles. The van der Waals surface area contributed by atoms with Crippen molar-refractivity contribution in [3.8, 4) is 0 Å². The van der Waals surface area contributed by atoms with Crippen molar-refractivity contribution in [2.24, 2.45) is 0 Å². The Hall–Kier alpha value is -2.21. The van der Waals surface area contributed by atoms with Gasteiger partial charge >= 0.3 is 0 Å². The fraction of sp³-hybridized carbons (Fsp3) is 0.389. The summed E-state index contributed by atoms with van der Waals surface area (Å²) in [7, 11) is 0. The molecule has 1 amide bonds. The summed E-state index contributed by atoms with van der Waals surface area (Å²) < 4.78 is 13.8. The van der Waals surface area contributed by atoms with E-state index in [0.29, 0.717) is 35.4 Å². The number of para-hydroxylation sites is 1. The molecule has 0 saturated carbocycles. The SMILES string of the molecule is CCC(=O)N1CCCC(c2nc(Cl)cc(Nc3ccccc3F)n2)C1. The van der Waals surface area contributed by atoms with Crippen molar-refractivity contribution in [3.63, 3.8) is 0 Å². The third kappa shape index (κ3) is 4.25. The Morgan fingerprint density at radius 1 is 1.40 bits per heavy atom. The van der Waals surface area contributed by atoms with Crippen LogP contribution in [0.5, 0.6) is 0 Å². The fourth-order valence-electron chi connectivity index (χ4n) is 3.02. The molecule has 0 bridgehead atoms. The Morgan fingerprint density at radius 3 is 2.96 bits per heavy atom. The van der Waals surface area contributed by atoms with E-state index in [2.05, 4.69) is 15.3 Å². The maximum absolute atomic E-state index is 13.8. The highest BCUT2D eigenvalue weighted by Crippen LogP contribution is 2.28. The first-order valence-corrected chi connectivity index (χ1v) is 8.78. The molecule has 25 heavy (non-hydrogen) atoms. The van der Waals surface area contributed by atoms with E-state index in [1.54, 1.807) is 24.3 Å². The number of aromatic nitrogens is 2. The lowest BCUT2D eigenvalue weighted by Gasteiger charge is -2.32. The number of carbonyl (C=O) groups excluding carboxylic acids is 1. The Kier molecular flexibility index (Phi) is 5.48. The number of nitrogens with zero attached hydrogens (tertiary/aromatic N) is 3. The van der Waals surface area contributed by atoms with Crippen LogP contribution in [0, 0.1) is 5.82 Å². The van der Waals surface area contributed by atoms with Crippen LogP contribution in [0.2, 0.25) is 5.15 Å². The van der Waals surface area contributed by atoms with Crippen molar-refractivity contribution in [2.75, 3.05) is 18.4 Å². The highest BCUT2D eigenvalue weighted by atomic mass is 35.5. The van der Waals surface area contributed by atoms with Crippen LogP contribution in [0.15, 0.2) is 30.3 Å². The monoisotopic (exact) mass is 362 g/mol. The highest BCUT2D eigenvalue weighted by molar-refractivity contribution is 6.29. The van der Waals surface area contributed by atoms with E-state index < -0.39 is 0 Å². The van der Waals surface area contributed by atoms with Gasteiger partial charge in [0.2, 0.25) is 5.91 Å². The number of piperidine rings is 1. The smallest absolute Gasteiger partial charge is 0.222 e. The maximum Gasteiger partial charge on any atom is 0.222 e. The number of amides is 1. The van der Waals surface area contributed by atoms with Crippen molar-refractivity contribution in [3.05, 3.63) is 47.1 Å². The summed E-state index contributed by atoms with van der Waals surface area (Å²) in [5, 5.41) is 3.24. The van der Waals surface area contributed by atoms with E-state index in [1.807, 2.05) is 11.8 Å². The van der Waals surface area contributed by atoms with Crippen LogP contribution in [-0.2, 0) is 4.79 Å². The number of hydrogen-bond donors (Lipinski definition) is 1. The molecule has 1 aliphatic rings. The van der Waals surface area contributed by atoms with Gasteiger partial charge in [0.15, 0.2) is 0 Å². The number of benzene rings is 1. The van der Waals surface area contributed by atoms with Gasteiger partial charge in [-0.3, -0.25) is 4.79 Å². The van der Waals surface area contributed by atoms with E-state index in [0.717, 1.165) is 19.4 Å². The van der Waals surface area contributed by atoms with Gasteiger partial charge in [0.1, 0.15) is 22.6 Å². The second kappa shape index (κ2) is 7.78. The third-order valence-electron chi connectivity index (χ3n) is 4.29. The van der Waals surface area contributed by atoms with Gasteiger partial charge < -0.3 is 10.2 Å². The average molecular weight is 363 g/mol. The maximum atomic E-state index is 13.8. The van der Waals surface area contributed by atoms with Crippen LogP contribution in [0.3, 0.4) is 0 Å². The van der Waals surface area contributed by atoms with Crippen LogP contribution in [0.4, 0.5) is 15.9 Å². The summed E-state index contributed by atoms with van der Waals surface area (Å²) in [6.45, 7) is 3.22. The molecule has 1 N–H and O–H groups in total. The van der Waals surface area contributed by atoms with Gasteiger partial charge in [0, 0.05) is 31.5 Å². The lowest BCUT2D eigenvalue weighted by atomic mass is 9.97. The topological polar surface area (TPSA) is 58.1 Å². The number of halogens is 2. The van der Waals surface area contributed by atoms with Crippen LogP contribution in [-0.4, -0.2) is 33.9 Å². The molecule has 5 nitrogen and oxygen atoms in total. The minimum absolute atomic E-state index is 0.0316. The predicted octanol–water partition coefficient (Wildman–Crippen LogP) is 4.13. The number of anilines is 2. The molecule has 1 fully saturated rings. The molecular weight excluding hydrogens is 343 g/mol. The molecular formula is C18H20ClFN4O. The predicted molar refractivity (Wildman–Crippen MR) is 95.6 cm³/mol. The number of likely N-dealkylation sites (tertiary alicyclic amines) is 1. The summed E-state index contributed by atoms with van der Waals surface area (Å²) >= 11 is 6.14. The van der Waals surface area contributed by atoms with Gasteiger partial charge in [0.05, 0.1) is 5.69 Å². The van der Waals surface area contributed by atoms with Crippen molar-refractivity contribution >= 4 is 29.0 Å². The van der Waals surface area contributed by atoms with Gasteiger partial charge in [-0.05, 0) is 25.0 Å². The molecule has 1 saturated heterocycles. The number of rotatable bonds is 4. The van der Waals surface area contributed by atoms with Crippen LogP contribution in [0.25, 0.3) is 0 Å². The van der Waals surface area contributed by atoms with Crippen molar-refractivity contribution < 1.29 is 9.18 Å². The third-order valence-corrected chi connectivity index (χ3v) is 4.48. The number of carbonyl (C=O) groups is 1. The van der Waals surface area contributed by atoms with E-state index in [-0.39, 0.29) is 17.6 Å². The molecule has 3 rings (SSSR count). The second-order valence-electron chi connectivity index (χ2n) is 6.07. The molecule has 7 heteroatoms. The van der Waals surface area contributed by atoms with E-state index in [1.165, 1.54) is 6.07 Å². The molecule has 0 aliphatic carbocycles. The highest BCUT2D eigenvalue weighted by Gasteiger charge is 2.26. The lowest BCUT2D eigenvalue weighted by Crippen LogP contribution is -2.39. The van der Waals surface area contributed by atoms with E-state index in [9.17, 15) is 9.18 Å². The Bertz CT molecular complexity index is 770. The van der Waals surface area contributed by atoms with Crippen molar-refractivity contribution in [1.29, 1.82) is 0 Å². The Balaban J connectivity index is 1.82. The molecule has 0 radical (unpaired) electrons. The minimum atomic E-state index is -0.365. The quantitative estimate of drug-likeness (QED) is 0.831. The van der Waals surface area contributed by atoms with Crippen molar-refractivity contribution in [1.82, 2.24) is 14.9 Å². The van der Waals surface area contributed by atoms with E-state index >= 15 is 0 Å². The molecule has 1 aromatic carbocycles. The van der Waals surface area contributed by atoms with Crippen molar-refractivity contribution in [2.45, 2.75) is 32.1 Å². The first-order valence-electron chi connectivity index (χ1n) is 8.40. The molecule has 132 valence electrons. The first kappa shape index (κ1) is 17.6. The number of nitrogens with one attached hydrogen (secondary N) is 1. The molecule has 1 aromatic heterocycles. The molecule has 1 atom stereocenters. The Labute approximate surface area is 151 Å². The van der Waals surface area contributed by atoms with Gasteiger partial charge in [0.25, 0.3) is 0 Å². The lowest BCUT2D eigenvalue weighted by molar-refractivity contribution is -0.132. The van der Waals surface area contributed by atoms with Gasteiger partial charge in [-0.1, -0.05) is 30.7 Å². The zero-order valence-corrected chi connectivity index (χ0v) is 14.8. The number of hydrogen-bond acceptors (Lipinski definition) is 4. The summed E-state index contributed by atoms with van der Waals surface area (Å²) in [5.74, 6) is 0.829. The molecule has 2 heterocycles. The van der Waals surface area contributed by atoms with Gasteiger partial charge in [-0.25, -0.2) is 14.4 Å². The average Bonchev–Trinajstić information content (AvgIpc) is 2.62. The summed E-state index contributed by atoms with van der Waals surface area (Å²) in [4.78, 5) is 22.6. The van der Waals surface area contributed by atoms with Crippen LogP contribution >= 0.6 is 11.6 Å². The summed E-state index contributed by atoms with van der Waals surface area (Å²) in [5.41, 5.74) is 0.328. The Morgan fingerprint density at radius 2 is 2.20 bits per heavy atom. The molecule has 0 spiro atoms. The first-order chi connectivity index (χ1) is 12.1. The zero-order valence-electron chi connectivity index (χ0n) is 14.0. The molecule has 1 unspecified atom stereocenters. The second-order valence-corrected chi connectivity index (χ2v) is 6.46. The standard InChI is InChI=1S/C18H20ClFN4O/c1-2-17(25)24-9-5-6-12(11-24)18-22-15(19)10-16(23-18)21-14-8-4-3-7-13(14)20/h3-4,7-8,10,12H,2,5-6,9,11H2,1H3,(H,21,22,23). The van der Waals surface area contributed by atoms with Crippen LogP contribution in [0.1, 0.15) is 37.9 Å². The fourth-order valence-corrected chi connectivity index (χ4v) is 3.21. The van der Waals surface area contributed by atoms with Gasteiger partial charge in [-0.15, -0.1) is 0 Å².